The lowest BCUT2D eigenvalue weighted by molar-refractivity contribution is -0.144. The Bertz CT molecular complexity index is 703. The van der Waals surface area contributed by atoms with Crippen molar-refractivity contribution in [1.82, 2.24) is 14.3 Å². The highest BCUT2D eigenvalue weighted by molar-refractivity contribution is 6.30. The Kier molecular flexibility index (Phi) is 3.64. The molecule has 0 radical (unpaired) electrons. The van der Waals surface area contributed by atoms with Gasteiger partial charge in [0.15, 0.2) is 0 Å². The number of pyridine rings is 1. The van der Waals surface area contributed by atoms with Crippen molar-refractivity contribution in [2.75, 3.05) is 0 Å². The summed E-state index contributed by atoms with van der Waals surface area (Å²) in [5.74, 6) is 0. The average molecular weight is 306 g/mol. The van der Waals surface area contributed by atoms with E-state index in [9.17, 15) is 18.0 Å². The van der Waals surface area contributed by atoms with Crippen LogP contribution in [0.3, 0.4) is 0 Å². The Morgan fingerprint density at radius 2 is 2.00 bits per heavy atom. The minimum absolute atomic E-state index is 0.214. The minimum Gasteiger partial charge on any atom is -0.300 e. The zero-order valence-corrected chi connectivity index (χ0v) is 11.5. The van der Waals surface area contributed by atoms with Crippen LogP contribution in [0.5, 0.6) is 0 Å². The fourth-order valence-electron chi connectivity index (χ4n) is 1.94. The molecule has 108 valence electrons. The molecule has 0 aliphatic heterocycles. The van der Waals surface area contributed by atoms with Gasteiger partial charge in [0.2, 0.25) is 0 Å². The van der Waals surface area contributed by atoms with Gasteiger partial charge in [0.05, 0.1) is 12.2 Å². The van der Waals surface area contributed by atoms with Gasteiger partial charge in [-0.25, -0.2) is 0 Å². The number of aryl methyl sites for hydroxylation is 2. The molecule has 20 heavy (non-hydrogen) atoms. The highest BCUT2D eigenvalue weighted by atomic mass is 35.5. The van der Waals surface area contributed by atoms with Gasteiger partial charge >= 0.3 is 6.18 Å². The van der Waals surface area contributed by atoms with E-state index < -0.39 is 17.4 Å². The zero-order chi connectivity index (χ0) is 15.1. The third-order valence-corrected chi connectivity index (χ3v) is 3.40. The van der Waals surface area contributed by atoms with Crippen LogP contribution in [0.2, 0.25) is 5.15 Å². The van der Waals surface area contributed by atoms with Crippen molar-refractivity contribution < 1.29 is 13.2 Å². The van der Waals surface area contributed by atoms with E-state index in [1.165, 1.54) is 4.68 Å². The number of nitrogens with zero attached hydrogens (tertiary/aromatic N) is 3. The number of aromatic nitrogens is 3. The van der Waals surface area contributed by atoms with Gasteiger partial charge < -0.3 is 0 Å². The van der Waals surface area contributed by atoms with Crippen LogP contribution in [0.15, 0.2) is 23.0 Å². The predicted octanol–water partition coefficient (Wildman–Crippen LogP) is 2.61. The molecule has 0 saturated carbocycles. The molecule has 0 aliphatic carbocycles. The van der Waals surface area contributed by atoms with Crippen molar-refractivity contribution in [3.63, 3.8) is 0 Å². The van der Waals surface area contributed by atoms with E-state index in [1.54, 1.807) is 14.0 Å². The molecule has 0 amide bonds. The van der Waals surface area contributed by atoms with Gasteiger partial charge in [0.25, 0.3) is 5.56 Å². The summed E-state index contributed by atoms with van der Waals surface area (Å²) >= 11 is 5.99. The van der Waals surface area contributed by atoms with Gasteiger partial charge in [0, 0.05) is 18.7 Å². The van der Waals surface area contributed by atoms with Crippen LogP contribution in [-0.2, 0) is 19.8 Å². The Morgan fingerprint density at radius 3 is 2.50 bits per heavy atom. The van der Waals surface area contributed by atoms with Gasteiger partial charge in [-0.15, -0.1) is 0 Å². The van der Waals surface area contributed by atoms with E-state index in [0.29, 0.717) is 15.8 Å². The van der Waals surface area contributed by atoms with Crippen LogP contribution in [0.4, 0.5) is 13.2 Å². The molecule has 4 nitrogen and oxygen atoms in total. The maximum Gasteiger partial charge on any atom is 0.431 e. The molecule has 0 unspecified atom stereocenters. The number of halogens is 4. The van der Waals surface area contributed by atoms with Crippen molar-refractivity contribution in [2.45, 2.75) is 19.6 Å². The first-order chi connectivity index (χ1) is 9.21. The molecule has 0 fully saturated rings. The fraction of sp³-hybridized carbons (Fsp3) is 0.333. The van der Waals surface area contributed by atoms with Gasteiger partial charge in [-0.05, 0) is 13.0 Å². The van der Waals surface area contributed by atoms with E-state index in [0.717, 1.165) is 18.2 Å². The Hall–Kier alpha value is -1.76. The highest BCUT2D eigenvalue weighted by Gasteiger charge is 2.34. The number of rotatable bonds is 2. The van der Waals surface area contributed by atoms with E-state index in [2.05, 4.69) is 5.10 Å². The normalized spacial score (nSPS) is 11.9. The lowest BCUT2D eigenvalue weighted by Gasteiger charge is -2.14. The van der Waals surface area contributed by atoms with Crippen LogP contribution in [0.1, 0.15) is 17.0 Å². The molecule has 8 heteroatoms. The van der Waals surface area contributed by atoms with Gasteiger partial charge in [-0.2, -0.15) is 18.3 Å². The van der Waals surface area contributed by atoms with E-state index in [1.807, 2.05) is 0 Å². The number of hydrogen-bond acceptors (Lipinski definition) is 2. The molecular formula is C12H11ClF3N3O. The third kappa shape index (κ3) is 2.58. The molecule has 0 spiro atoms. The number of alkyl halides is 3. The zero-order valence-electron chi connectivity index (χ0n) is 10.7. The largest absolute Gasteiger partial charge is 0.431 e. The number of hydrogen-bond donors (Lipinski definition) is 0. The molecule has 2 aromatic heterocycles. The van der Waals surface area contributed by atoms with Crippen LogP contribution >= 0.6 is 11.6 Å². The first kappa shape index (κ1) is 14.6. The molecule has 0 N–H and O–H groups in total. The molecule has 0 atom stereocenters. The van der Waals surface area contributed by atoms with Crippen molar-refractivity contribution >= 4 is 11.6 Å². The van der Waals surface area contributed by atoms with Crippen LogP contribution in [-0.4, -0.2) is 14.3 Å². The Labute approximate surface area is 117 Å². The molecule has 0 aromatic carbocycles. The average Bonchev–Trinajstić information content (AvgIpc) is 2.56. The fourth-order valence-corrected chi connectivity index (χ4v) is 2.18. The van der Waals surface area contributed by atoms with E-state index >= 15 is 0 Å². The lowest BCUT2D eigenvalue weighted by Crippen LogP contribution is -2.27. The monoisotopic (exact) mass is 305 g/mol. The second-order valence-electron chi connectivity index (χ2n) is 4.31. The van der Waals surface area contributed by atoms with Gasteiger partial charge in [0.1, 0.15) is 10.8 Å². The van der Waals surface area contributed by atoms with E-state index in [-0.39, 0.29) is 11.7 Å². The summed E-state index contributed by atoms with van der Waals surface area (Å²) in [5, 5.41) is 4.23. The molecular weight excluding hydrogens is 295 g/mol. The Balaban J connectivity index is 2.57. The van der Waals surface area contributed by atoms with Gasteiger partial charge in [-0.1, -0.05) is 17.7 Å². The molecule has 0 bridgehead atoms. The quantitative estimate of drug-likeness (QED) is 0.855. The SMILES string of the molecule is Cc1nn(C)c(Cl)c1Cn1c(C(F)(F)F)cccc1=O. The standard InChI is InChI=1S/C12H11ClF3N3O/c1-7-8(11(13)18(2)17-7)6-19-9(12(14,15)16)4-3-5-10(19)20/h3-5H,6H2,1-2H3. The van der Waals surface area contributed by atoms with Crippen LogP contribution in [0.25, 0.3) is 0 Å². The predicted molar refractivity (Wildman–Crippen MR) is 67.8 cm³/mol. The maximum atomic E-state index is 12.9. The molecule has 2 aromatic rings. The van der Waals surface area contributed by atoms with Crippen molar-refractivity contribution in [3.05, 3.63) is 50.7 Å². The van der Waals surface area contributed by atoms with Crippen molar-refractivity contribution in [2.24, 2.45) is 7.05 Å². The van der Waals surface area contributed by atoms with Crippen molar-refractivity contribution in [3.8, 4) is 0 Å². The second-order valence-corrected chi connectivity index (χ2v) is 4.67. The topological polar surface area (TPSA) is 39.8 Å². The van der Waals surface area contributed by atoms with Crippen LogP contribution < -0.4 is 5.56 Å². The summed E-state index contributed by atoms with van der Waals surface area (Å²) in [6.07, 6.45) is -4.61. The lowest BCUT2D eigenvalue weighted by atomic mass is 10.2. The highest BCUT2D eigenvalue weighted by Crippen LogP contribution is 2.29. The van der Waals surface area contributed by atoms with E-state index in [4.69, 9.17) is 11.6 Å². The van der Waals surface area contributed by atoms with Crippen LogP contribution in [0, 0.1) is 6.92 Å². The minimum atomic E-state index is -4.61. The van der Waals surface area contributed by atoms with Crippen molar-refractivity contribution in [1.29, 1.82) is 0 Å². The first-order valence-corrected chi connectivity index (χ1v) is 6.04. The molecule has 2 rings (SSSR count). The summed E-state index contributed by atoms with van der Waals surface area (Å²) in [6.45, 7) is 1.36. The molecule has 2 heterocycles. The summed E-state index contributed by atoms with van der Waals surface area (Å²) in [5.41, 5.74) is -0.863. The third-order valence-electron chi connectivity index (χ3n) is 2.93. The summed E-state index contributed by atoms with van der Waals surface area (Å²) in [6, 6.07) is 3.02. The maximum absolute atomic E-state index is 12.9. The smallest absolute Gasteiger partial charge is 0.300 e. The molecule has 0 saturated heterocycles. The van der Waals surface area contributed by atoms with Gasteiger partial charge in [-0.3, -0.25) is 14.0 Å². The summed E-state index contributed by atoms with van der Waals surface area (Å²) in [4.78, 5) is 11.7. The summed E-state index contributed by atoms with van der Waals surface area (Å²) < 4.78 is 40.8. The first-order valence-electron chi connectivity index (χ1n) is 5.67. The summed E-state index contributed by atoms with van der Waals surface area (Å²) in [7, 11) is 1.58. The Morgan fingerprint density at radius 1 is 1.35 bits per heavy atom. The molecule has 0 aliphatic rings. The second kappa shape index (κ2) is 4.97.